The zero-order valence-electron chi connectivity index (χ0n) is 25.5. The molecule has 8 heteroatoms. The molecule has 0 aromatic carbocycles. The molecule has 37 heavy (non-hydrogen) atoms. The Morgan fingerprint density at radius 1 is 0.919 bits per heavy atom. The van der Waals surface area contributed by atoms with E-state index >= 15 is 0 Å². The van der Waals surface area contributed by atoms with Crippen LogP contribution in [0.1, 0.15) is 101 Å². The first-order chi connectivity index (χ1) is 17.6. The van der Waals surface area contributed by atoms with Crippen LogP contribution < -0.4 is 0 Å². The molecule has 0 aliphatic carbocycles. The third kappa shape index (κ3) is 14.0. The molecular formula is C29H56N4O4. The number of hydrogen-bond donors (Lipinski definition) is 0. The van der Waals surface area contributed by atoms with E-state index in [0.717, 1.165) is 37.5 Å². The van der Waals surface area contributed by atoms with E-state index in [0.29, 0.717) is 38.2 Å². The van der Waals surface area contributed by atoms with Crippen molar-refractivity contribution in [3.63, 3.8) is 0 Å². The summed E-state index contributed by atoms with van der Waals surface area (Å²) in [4.78, 5) is 18.6. The van der Waals surface area contributed by atoms with Crippen LogP contribution in [-0.4, -0.2) is 75.7 Å². The van der Waals surface area contributed by atoms with E-state index in [-0.39, 0.29) is 30.3 Å². The predicted octanol–water partition coefficient (Wildman–Crippen LogP) is 6.76. The lowest BCUT2D eigenvalue weighted by atomic mass is 9.81. The van der Waals surface area contributed by atoms with Gasteiger partial charge in [0.2, 0.25) is 17.7 Å². The van der Waals surface area contributed by atoms with Crippen LogP contribution in [0.5, 0.6) is 0 Å². The van der Waals surface area contributed by atoms with E-state index in [1.807, 2.05) is 27.7 Å². The maximum atomic E-state index is 5.91. The molecular weight excluding hydrogens is 468 g/mol. The minimum atomic E-state index is -0.177. The van der Waals surface area contributed by atoms with E-state index in [1.165, 1.54) is 6.42 Å². The molecule has 0 aromatic rings. The average molecular weight is 525 g/mol. The van der Waals surface area contributed by atoms with Crippen molar-refractivity contribution in [1.29, 1.82) is 0 Å². The van der Waals surface area contributed by atoms with Crippen LogP contribution in [0, 0.1) is 11.3 Å². The minimum absolute atomic E-state index is 0.0632. The molecule has 8 nitrogen and oxygen atoms in total. The smallest absolute Gasteiger partial charge is 0.211 e. The number of ether oxygens (including phenoxy) is 4. The minimum Gasteiger partial charge on any atom is -0.480 e. The van der Waals surface area contributed by atoms with Crippen LogP contribution in [0.25, 0.3) is 0 Å². The molecule has 1 heterocycles. The highest BCUT2D eigenvalue weighted by molar-refractivity contribution is 5.94. The largest absolute Gasteiger partial charge is 0.480 e. The lowest BCUT2D eigenvalue weighted by Crippen LogP contribution is -2.38. The summed E-state index contributed by atoms with van der Waals surface area (Å²) in [6.07, 6.45) is 4.81. The molecule has 1 unspecified atom stereocenters. The third-order valence-corrected chi connectivity index (χ3v) is 5.81. The molecule has 0 N–H and O–H groups in total. The normalized spacial score (nSPS) is 18.8. The summed E-state index contributed by atoms with van der Waals surface area (Å²) in [5.74, 6) is 2.36. The Kier molecular flexibility index (Phi) is 19.0. The molecule has 1 rings (SSSR count). The highest BCUT2D eigenvalue weighted by atomic mass is 16.5. The lowest BCUT2D eigenvalue weighted by molar-refractivity contribution is 0.152. The van der Waals surface area contributed by atoms with Crippen molar-refractivity contribution in [3.8, 4) is 0 Å². The standard InChI is InChI=1S/C26H48N4O4.C3H8/c1-10-31-18-28-23(32-11-2)20(27-9)14-16-26(7,8)17-15-21-24(33-12-3)30-22(19(5)6)25(29-21)34-13-4;1-3-2/h19-22H,9-18H2,1-8H3;3H2,1-2H3/b28-23+;/t20-,21-,22?;/m1./s1. The maximum absolute atomic E-state index is 5.91. The molecule has 0 spiro atoms. The van der Waals surface area contributed by atoms with Gasteiger partial charge in [-0.1, -0.05) is 48.0 Å². The Balaban J connectivity index is 0.00000410. The van der Waals surface area contributed by atoms with Gasteiger partial charge in [0, 0.05) is 6.61 Å². The van der Waals surface area contributed by atoms with Crippen LogP contribution in [0.4, 0.5) is 0 Å². The van der Waals surface area contributed by atoms with Gasteiger partial charge in [0.25, 0.3) is 0 Å². The van der Waals surface area contributed by atoms with Gasteiger partial charge in [-0.2, -0.15) is 0 Å². The van der Waals surface area contributed by atoms with Gasteiger partial charge in [-0.15, -0.1) is 0 Å². The fourth-order valence-electron chi connectivity index (χ4n) is 3.81. The summed E-state index contributed by atoms with van der Waals surface area (Å²) >= 11 is 0. The van der Waals surface area contributed by atoms with Crippen molar-refractivity contribution in [2.75, 3.05) is 33.2 Å². The van der Waals surface area contributed by atoms with Gasteiger partial charge in [-0.3, -0.25) is 4.99 Å². The summed E-state index contributed by atoms with van der Waals surface area (Å²) < 4.78 is 22.9. The predicted molar refractivity (Wildman–Crippen MR) is 158 cm³/mol. The summed E-state index contributed by atoms with van der Waals surface area (Å²) in [6, 6.07) is -0.377. The molecule has 3 atom stereocenters. The zero-order valence-corrected chi connectivity index (χ0v) is 25.5. The molecule has 0 saturated heterocycles. The lowest BCUT2D eigenvalue weighted by Gasteiger charge is -2.31. The fourth-order valence-corrected chi connectivity index (χ4v) is 3.81. The Hall–Kier alpha value is -1.96. The van der Waals surface area contributed by atoms with Crippen molar-refractivity contribution < 1.29 is 18.9 Å². The SMILES string of the molecule is C=N[C@H](CCC(C)(C)CC[C@H]1N=C(OCC)C(C(C)C)N=C1OCC)/C(=N\COCC)OCC.CCC. The Bertz CT molecular complexity index is 704. The first kappa shape index (κ1) is 35.0. The number of rotatable bonds is 15. The highest BCUT2D eigenvalue weighted by Gasteiger charge is 2.33. The van der Waals surface area contributed by atoms with E-state index in [4.69, 9.17) is 28.9 Å². The van der Waals surface area contributed by atoms with Gasteiger partial charge < -0.3 is 18.9 Å². The summed E-state index contributed by atoms with van der Waals surface area (Å²) in [6.45, 7) is 27.3. The molecule has 1 aliphatic rings. The Morgan fingerprint density at radius 3 is 2.05 bits per heavy atom. The first-order valence-electron chi connectivity index (χ1n) is 14.3. The maximum Gasteiger partial charge on any atom is 0.211 e. The molecule has 0 radical (unpaired) electrons. The van der Waals surface area contributed by atoms with Crippen molar-refractivity contribution in [3.05, 3.63) is 0 Å². The van der Waals surface area contributed by atoms with E-state index in [2.05, 4.69) is 58.2 Å². The van der Waals surface area contributed by atoms with Gasteiger partial charge in [0.15, 0.2) is 0 Å². The topological polar surface area (TPSA) is 86.4 Å². The van der Waals surface area contributed by atoms with Crippen LogP contribution in [-0.2, 0) is 18.9 Å². The van der Waals surface area contributed by atoms with Crippen molar-refractivity contribution in [2.45, 2.75) is 119 Å². The first-order valence-corrected chi connectivity index (χ1v) is 14.3. The van der Waals surface area contributed by atoms with Crippen molar-refractivity contribution in [1.82, 2.24) is 0 Å². The fraction of sp³-hybridized carbons (Fsp3) is 0.862. The molecule has 0 bridgehead atoms. The van der Waals surface area contributed by atoms with Crippen LogP contribution >= 0.6 is 0 Å². The monoisotopic (exact) mass is 524 g/mol. The Labute approximate surface area is 227 Å². The number of aliphatic imine (C=N–C) groups is 4. The third-order valence-electron chi connectivity index (χ3n) is 5.81. The molecule has 0 amide bonds. The van der Waals surface area contributed by atoms with E-state index in [1.54, 1.807) is 0 Å². The van der Waals surface area contributed by atoms with Gasteiger partial charge in [-0.25, -0.2) is 15.0 Å². The molecule has 0 aromatic heterocycles. The van der Waals surface area contributed by atoms with Gasteiger partial charge in [0.05, 0.1) is 19.8 Å². The second-order valence-corrected chi connectivity index (χ2v) is 10.2. The number of hydrogen-bond acceptors (Lipinski definition) is 8. The molecule has 0 saturated carbocycles. The van der Waals surface area contributed by atoms with Crippen LogP contribution in [0.15, 0.2) is 20.0 Å². The molecule has 0 fully saturated rings. The van der Waals surface area contributed by atoms with E-state index < -0.39 is 0 Å². The van der Waals surface area contributed by atoms with Gasteiger partial charge in [-0.05, 0) is 71.4 Å². The number of nitrogens with zero attached hydrogens (tertiary/aromatic N) is 4. The second-order valence-electron chi connectivity index (χ2n) is 10.2. The van der Waals surface area contributed by atoms with Crippen LogP contribution in [0.2, 0.25) is 0 Å². The summed E-state index contributed by atoms with van der Waals surface area (Å²) in [7, 11) is 0. The van der Waals surface area contributed by atoms with Crippen molar-refractivity contribution in [2.24, 2.45) is 31.3 Å². The second kappa shape index (κ2) is 20.1. The Morgan fingerprint density at radius 2 is 1.54 bits per heavy atom. The highest BCUT2D eigenvalue weighted by Crippen LogP contribution is 2.32. The summed E-state index contributed by atoms with van der Waals surface area (Å²) in [5.41, 5.74) is 0.0632. The molecule has 216 valence electrons. The van der Waals surface area contributed by atoms with Gasteiger partial charge >= 0.3 is 0 Å². The summed E-state index contributed by atoms with van der Waals surface area (Å²) in [5, 5.41) is 0. The zero-order chi connectivity index (χ0) is 28.3. The quantitative estimate of drug-likeness (QED) is 0.134. The van der Waals surface area contributed by atoms with Crippen molar-refractivity contribution >= 4 is 24.4 Å². The average Bonchev–Trinajstić information content (AvgIpc) is 2.85. The van der Waals surface area contributed by atoms with E-state index in [9.17, 15) is 0 Å². The van der Waals surface area contributed by atoms with Gasteiger partial charge in [0.1, 0.15) is 24.9 Å². The molecule has 1 aliphatic heterocycles. The van der Waals surface area contributed by atoms with Crippen LogP contribution in [0.3, 0.4) is 0 Å².